The third-order valence-electron chi connectivity index (χ3n) is 3.95. The average Bonchev–Trinajstić information content (AvgIpc) is 2.77. The Kier molecular flexibility index (Phi) is 3.97. The second-order valence-corrected chi connectivity index (χ2v) is 5.61. The Labute approximate surface area is 123 Å². The average molecular weight is 292 g/mol. The van der Waals surface area contributed by atoms with Gasteiger partial charge in [0.2, 0.25) is 0 Å². The highest BCUT2D eigenvalue weighted by Crippen LogP contribution is 2.24. The summed E-state index contributed by atoms with van der Waals surface area (Å²) in [5, 5.41) is 0.966. The van der Waals surface area contributed by atoms with Gasteiger partial charge in [0.1, 0.15) is 5.58 Å². The van der Waals surface area contributed by atoms with E-state index >= 15 is 0 Å². The van der Waals surface area contributed by atoms with Gasteiger partial charge >= 0.3 is 0 Å². The van der Waals surface area contributed by atoms with Crippen molar-refractivity contribution in [1.29, 1.82) is 0 Å². The van der Waals surface area contributed by atoms with Crippen molar-refractivity contribution in [3.8, 4) is 0 Å². The molecule has 106 valence electrons. The first-order valence-corrected chi connectivity index (χ1v) is 7.68. The van der Waals surface area contributed by atoms with E-state index in [1.165, 1.54) is 0 Å². The number of hydrogen-bond donors (Lipinski definition) is 0. The van der Waals surface area contributed by atoms with Gasteiger partial charge in [0.05, 0.1) is 0 Å². The lowest BCUT2D eigenvalue weighted by molar-refractivity contribution is 0.0670. The number of rotatable bonds is 2. The summed E-state index contributed by atoms with van der Waals surface area (Å²) in [7, 11) is 0. The molecule has 0 aliphatic carbocycles. The molecular formula is C16H18ClNO2. The van der Waals surface area contributed by atoms with Gasteiger partial charge in [-0.25, -0.2) is 0 Å². The van der Waals surface area contributed by atoms with Crippen molar-refractivity contribution in [3.63, 3.8) is 0 Å². The predicted octanol–water partition coefficient (Wildman–Crippen LogP) is 4.06. The molecule has 1 aromatic heterocycles. The fraction of sp³-hybridized carbons (Fsp3) is 0.438. The van der Waals surface area contributed by atoms with Gasteiger partial charge in [-0.3, -0.25) is 4.79 Å². The van der Waals surface area contributed by atoms with Gasteiger partial charge in [0, 0.05) is 23.9 Å². The van der Waals surface area contributed by atoms with Crippen LogP contribution in [0, 0.1) is 0 Å². The molecule has 0 bridgehead atoms. The van der Waals surface area contributed by atoms with E-state index in [0.29, 0.717) is 11.6 Å². The second kappa shape index (κ2) is 5.88. The van der Waals surface area contributed by atoms with Crippen molar-refractivity contribution in [3.05, 3.63) is 36.1 Å². The zero-order chi connectivity index (χ0) is 13.9. The highest BCUT2D eigenvalue weighted by molar-refractivity contribution is 6.18. The Hall–Kier alpha value is -1.48. The molecule has 0 saturated carbocycles. The van der Waals surface area contributed by atoms with Crippen molar-refractivity contribution < 1.29 is 9.21 Å². The first-order valence-electron chi connectivity index (χ1n) is 7.15. The highest BCUT2D eigenvalue weighted by Gasteiger charge is 2.27. The number of alkyl halides is 1. The summed E-state index contributed by atoms with van der Waals surface area (Å²) >= 11 is 6.03. The van der Waals surface area contributed by atoms with Gasteiger partial charge in [-0.05, 0) is 25.0 Å². The van der Waals surface area contributed by atoms with Crippen molar-refractivity contribution in [2.75, 3.05) is 12.4 Å². The van der Waals surface area contributed by atoms with Crippen LogP contribution in [0.5, 0.6) is 0 Å². The van der Waals surface area contributed by atoms with Crippen LogP contribution in [0.4, 0.5) is 0 Å². The largest absolute Gasteiger partial charge is 0.451 e. The maximum absolute atomic E-state index is 12.7. The molecule has 0 N–H and O–H groups in total. The van der Waals surface area contributed by atoms with Crippen molar-refractivity contribution in [2.24, 2.45) is 0 Å². The van der Waals surface area contributed by atoms with Gasteiger partial charge < -0.3 is 9.32 Å². The topological polar surface area (TPSA) is 33.5 Å². The Bertz CT molecular complexity index is 574. The van der Waals surface area contributed by atoms with Crippen LogP contribution in [0.15, 0.2) is 34.7 Å². The van der Waals surface area contributed by atoms with Gasteiger partial charge in [-0.1, -0.05) is 31.0 Å². The normalized spacial score (nSPS) is 20.1. The van der Waals surface area contributed by atoms with Crippen LogP contribution in [-0.4, -0.2) is 29.3 Å². The summed E-state index contributed by atoms with van der Waals surface area (Å²) in [5.74, 6) is 0.878. The molecule has 0 radical (unpaired) electrons. The van der Waals surface area contributed by atoms with E-state index < -0.39 is 0 Å². The van der Waals surface area contributed by atoms with Crippen LogP contribution in [0.3, 0.4) is 0 Å². The fourth-order valence-electron chi connectivity index (χ4n) is 2.83. The van der Waals surface area contributed by atoms with Crippen molar-refractivity contribution in [1.82, 2.24) is 4.90 Å². The lowest BCUT2D eigenvalue weighted by atomic mass is 10.1. The summed E-state index contributed by atoms with van der Waals surface area (Å²) in [4.78, 5) is 14.6. The minimum atomic E-state index is -0.0336. The van der Waals surface area contributed by atoms with Gasteiger partial charge in [0.15, 0.2) is 5.76 Å². The van der Waals surface area contributed by atoms with E-state index in [1.54, 1.807) is 0 Å². The number of likely N-dealkylation sites (tertiary alicyclic amines) is 1. The number of nitrogens with zero attached hydrogens (tertiary/aromatic N) is 1. The Morgan fingerprint density at radius 3 is 2.95 bits per heavy atom. The third-order valence-corrected chi connectivity index (χ3v) is 4.31. The lowest BCUT2D eigenvalue weighted by Crippen LogP contribution is -2.40. The van der Waals surface area contributed by atoms with Crippen LogP contribution in [0.1, 0.15) is 36.2 Å². The maximum atomic E-state index is 12.7. The minimum absolute atomic E-state index is 0.0336. The van der Waals surface area contributed by atoms with Crippen molar-refractivity contribution in [2.45, 2.75) is 31.7 Å². The first-order chi connectivity index (χ1) is 9.79. The molecule has 20 heavy (non-hydrogen) atoms. The molecule has 3 rings (SSSR count). The number of para-hydroxylation sites is 1. The second-order valence-electron chi connectivity index (χ2n) is 5.30. The van der Waals surface area contributed by atoms with Crippen molar-refractivity contribution >= 4 is 28.5 Å². The molecule has 1 aliphatic heterocycles. The predicted molar refractivity (Wildman–Crippen MR) is 80.2 cm³/mol. The van der Waals surface area contributed by atoms with E-state index in [1.807, 2.05) is 35.2 Å². The molecule has 4 heteroatoms. The number of fused-ring (bicyclic) bond motifs is 1. The van der Waals surface area contributed by atoms with E-state index in [9.17, 15) is 4.79 Å². The molecule has 1 aromatic carbocycles. The zero-order valence-corrected chi connectivity index (χ0v) is 12.1. The van der Waals surface area contributed by atoms with Crippen LogP contribution < -0.4 is 0 Å². The van der Waals surface area contributed by atoms with E-state index in [0.717, 1.165) is 43.2 Å². The van der Waals surface area contributed by atoms with Crippen LogP contribution >= 0.6 is 11.6 Å². The standard InChI is InChI=1S/C16H18ClNO2/c17-11-13-7-2-1-5-9-18(13)16(19)15-10-12-6-3-4-8-14(12)20-15/h3-4,6,8,10,13H,1-2,5,7,9,11H2. The molecule has 1 atom stereocenters. The summed E-state index contributed by atoms with van der Waals surface area (Å²) in [6, 6.07) is 9.64. The highest BCUT2D eigenvalue weighted by atomic mass is 35.5. The molecule has 1 aliphatic rings. The third kappa shape index (κ3) is 2.55. The van der Waals surface area contributed by atoms with E-state index in [2.05, 4.69) is 0 Å². The van der Waals surface area contributed by atoms with E-state index in [-0.39, 0.29) is 11.9 Å². The molecule has 1 saturated heterocycles. The molecule has 0 spiro atoms. The summed E-state index contributed by atoms with van der Waals surface area (Å²) < 4.78 is 5.68. The van der Waals surface area contributed by atoms with E-state index in [4.69, 9.17) is 16.0 Å². The summed E-state index contributed by atoms with van der Waals surface area (Å²) in [5.41, 5.74) is 0.757. The van der Waals surface area contributed by atoms with Crippen LogP contribution in [0.25, 0.3) is 11.0 Å². The SMILES string of the molecule is O=C(c1cc2ccccc2o1)N1CCCCCC1CCl. The van der Waals surface area contributed by atoms with Gasteiger partial charge in [-0.15, -0.1) is 11.6 Å². The Balaban J connectivity index is 1.89. The maximum Gasteiger partial charge on any atom is 0.289 e. The Morgan fingerprint density at radius 2 is 2.15 bits per heavy atom. The number of benzene rings is 1. The first kappa shape index (κ1) is 13.5. The van der Waals surface area contributed by atoms with Gasteiger partial charge in [-0.2, -0.15) is 0 Å². The number of furan rings is 1. The molecule has 2 aromatic rings. The smallest absolute Gasteiger partial charge is 0.289 e. The quantitative estimate of drug-likeness (QED) is 0.782. The minimum Gasteiger partial charge on any atom is -0.451 e. The number of amides is 1. The molecule has 2 heterocycles. The number of hydrogen-bond acceptors (Lipinski definition) is 2. The molecule has 1 amide bonds. The molecule has 1 unspecified atom stereocenters. The number of carbonyl (C=O) groups excluding carboxylic acids is 1. The summed E-state index contributed by atoms with van der Waals surface area (Å²) in [6.45, 7) is 0.771. The van der Waals surface area contributed by atoms with Crippen LogP contribution in [0.2, 0.25) is 0 Å². The number of halogens is 1. The molecular weight excluding hydrogens is 274 g/mol. The lowest BCUT2D eigenvalue weighted by Gasteiger charge is -2.27. The Morgan fingerprint density at radius 1 is 1.30 bits per heavy atom. The van der Waals surface area contributed by atoms with Gasteiger partial charge in [0.25, 0.3) is 5.91 Å². The molecule has 1 fully saturated rings. The monoisotopic (exact) mass is 291 g/mol. The number of carbonyl (C=O) groups is 1. The van der Waals surface area contributed by atoms with Crippen LogP contribution in [-0.2, 0) is 0 Å². The fourth-order valence-corrected chi connectivity index (χ4v) is 3.15. The zero-order valence-electron chi connectivity index (χ0n) is 11.3. The molecule has 3 nitrogen and oxygen atoms in total. The summed E-state index contributed by atoms with van der Waals surface area (Å²) in [6.07, 6.45) is 4.33.